The van der Waals surface area contributed by atoms with Gasteiger partial charge in [-0.1, -0.05) is 0 Å². The maximum Gasteiger partial charge on any atom is 0.360 e. The Morgan fingerprint density at radius 3 is 2.78 bits per heavy atom. The summed E-state index contributed by atoms with van der Waals surface area (Å²) in [6.07, 6.45) is 4.95. The molecule has 1 aromatic carbocycles. The largest absolute Gasteiger partial charge is 0.464 e. The molecular weight excluding hydrogens is 356 g/mol. The van der Waals surface area contributed by atoms with Gasteiger partial charge in [0.25, 0.3) is 0 Å². The number of carbonyl (C=O) groups excluding carboxylic acids is 2. The third-order valence-corrected chi connectivity index (χ3v) is 4.05. The van der Waals surface area contributed by atoms with Crippen LogP contribution in [0.15, 0.2) is 36.2 Å². The van der Waals surface area contributed by atoms with E-state index in [0.29, 0.717) is 11.4 Å². The maximum atomic E-state index is 13.9. The first kappa shape index (κ1) is 18.5. The van der Waals surface area contributed by atoms with E-state index in [0.717, 1.165) is 31.0 Å². The Morgan fingerprint density at radius 2 is 2.15 bits per heavy atom. The minimum Gasteiger partial charge on any atom is -0.464 e. The van der Waals surface area contributed by atoms with E-state index in [1.54, 1.807) is 23.7 Å². The summed E-state index contributed by atoms with van der Waals surface area (Å²) in [4.78, 5) is 23.2. The average molecular weight is 373 g/mol. The molecule has 8 heteroatoms. The number of nitrogens with zero attached hydrogens (tertiary/aromatic N) is 2. The molecule has 1 aliphatic carbocycles. The highest BCUT2D eigenvalue weighted by atomic mass is 19.1. The van der Waals surface area contributed by atoms with E-state index in [4.69, 9.17) is 4.74 Å². The summed E-state index contributed by atoms with van der Waals surface area (Å²) in [6.45, 7) is 1.62. The van der Waals surface area contributed by atoms with Crippen molar-refractivity contribution in [1.82, 2.24) is 9.78 Å². The summed E-state index contributed by atoms with van der Waals surface area (Å²) in [6, 6.07) is 3.07. The van der Waals surface area contributed by atoms with Crippen LogP contribution in [0.4, 0.5) is 14.5 Å². The molecule has 2 aromatic rings. The third-order valence-electron chi connectivity index (χ3n) is 4.05. The molecule has 0 amide bonds. The van der Waals surface area contributed by atoms with Crippen LogP contribution in [0, 0.1) is 11.6 Å². The summed E-state index contributed by atoms with van der Waals surface area (Å²) in [7, 11) is 1.25. The maximum absolute atomic E-state index is 13.9. The number of halogens is 2. The highest BCUT2D eigenvalue weighted by Crippen LogP contribution is 2.35. The second-order valence-corrected chi connectivity index (χ2v) is 6.19. The number of allylic oxidation sites excluding steroid dienone is 3. The molecular formula is C19H17F2N3O3. The van der Waals surface area contributed by atoms with Crippen molar-refractivity contribution in [3.63, 3.8) is 0 Å². The normalized spacial score (nSPS) is 13.9. The van der Waals surface area contributed by atoms with Gasteiger partial charge in [-0.15, -0.1) is 0 Å². The molecule has 0 radical (unpaired) electrons. The SMILES string of the molecule is COC(=O)c1nn(C2CC2)cc1N/C(C)=C\C(=C=O)c1cc(F)ccc1F. The van der Waals surface area contributed by atoms with Crippen molar-refractivity contribution in [1.29, 1.82) is 0 Å². The van der Waals surface area contributed by atoms with E-state index in [2.05, 4.69) is 10.4 Å². The number of aromatic nitrogens is 2. The predicted molar refractivity (Wildman–Crippen MR) is 94.7 cm³/mol. The van der Waals surface area contributed by atoms with Crippen LogP contribution in [-0.2, 0) is 9.53 Å². The van der Waals surface area contributed by atoms with Crippen molar-refractivity contribution >= 4 is 23.2 Å². The summed E-state index contributed by atoms with van der Waals surface area (Å²) < 4.78 is 33.7. The molecule has 0 aliphatic heterocycles. The molecule has 1 fully saturated rings. The van der Waals surface area contributed by atoms with Gasteiger partial charge in [-0.05, 0) is 44.0 Å². The number of hydrogen-bond donors (Lipinski definition) is 1. The topological polar surface area (TPSA) is 73.2 Å². The van der Waals surface area contributed by atoms with Crippen LogP contribution in [0.2, 0.25) is 0 Å². The predicted octanol–water partition coefficient (Wildman–Crippen LogP) is 3.51. The smallest absolute Gasteiger partial charge is 0.360 e. The van der Waals surface area contributed by atoms with Crippen LogP contribution in [0.5, 0.6) is 0 Å². The van der Waals surface area contributed by atoms with E-state index in [9.17, 15) is 18.4 Å². The van der Waals surface area contributed by atoms with E-state index < -0.39 is 17.6 Å². The molecule has 1 N–H and O–H groups in total. The zero-order valence-electron chi connectivity index (χ0n) is 14.8. The van der Waals surface area contributed by atoms with Gasteiger partial charge < -0.3 is 10.1 Å². The Bertz CT molecular complexity index is 971. The molecule has 0 saturated heterocycles. The van der Waals surface area contributed by atoms with Gasteiger partial charge in [0, 0.05) is 17.5 Å². The minimum atomic E-state index is -0.740. The molecule has 1 heterocycles. The highest BCUT2D eigenvalue weighted by Gasteiger charge is 2.28. The van der Waals surface area contributed by atoms with Crippen molar-refractivity contribution in [3.8, 4) is 0 Å². The van der Waals surface area contributed by atoms with Crippen LogP contribution in [0.1, 0.15) is 41.9 Å². The molecule has 27 heavy (non-hydrogen) atoms. The van der Waals surface area contributed by atoms with Crippen molar-refractivity contribution in [2.24, 2.45) is 0 Å². The minimum absolute atomic E-state index is 0.103. The van der Waals surface area contributed by atoms with Crippen LogP contribution in [-0.4, -0.2) is 28.8 Å². The number of nitrogens with one attached hydrogen (secondary N) is 1. The number of ether oxygens (including phenoxy) is 1. The molecule has 0 spiro atoms. The van der Waals surface area contributed by atoms with Gasteiger partial charge >= 0.3 is 5.97 Å². The lowest BCUT2D eigenvalue weighted by molar-refractivity contribution is 0.0594. The molecule has 0 bridgehead atoms. The first-order valence-electron chi connectivity index (χ1n) is 8.26. The molecule has 1 saturated carbocycles. The fourth-order valence-corrected chi connectivity index (χ4v) is 2.59. The Morgan fingerprint density at radius 1 is 1.41 bits per heavy atom. The fourth-order valence-electron chi connectivity index (χ4n) is 2.59. The van der Waals surface area contributed by atoms with Gasteiger partial charge in [0.05, 0.1) is 24.4 Å². The van der Waals surface area contributed by atoms with Gasteiger partial charge in [0.2, 0.25) is 0 Å². The monoisotopic (exact) mass is 373 g/mol. The van der Waals surface area contributed by atoms with Crippen LogP contribution >= 0.6 is 0 Å². The standard InChI is InChI=1S/C19H17F2N3O3/c1-11(7-12(10-25)15-8-13(20)3-6-16(15)21)22-17-9-24(14-4-5-14)23-18(17)19(26)27-2/h3,6-9,14,22H,4-5H2,1-2H3/b11-7-. The summed E-state index contributed by atoms with van der Waals surface area (Å²) in [5, 5.41) is 7.20. The summed E-state index contributed by atoms with van der Waals surface area (Å²) >= 11 is 0. The number of benzene rings is 1. The highest BCUT2D eigenvalue weighted by molar-refractivity contribution is 5.95. The molecule has 140 valence electrons. The molecule has 0 atom stereocenters. The van der Waals surface area contributed by atoms with Gasteiger partial charge in [0.1, 0.15) is 17.6 Å². The fraction of sp³-hybridized carbons (Fsp3) is 0.263. The zero-order valence-corrected chi connectivity index (χ0v) is 14.8. The zero-order chi connectivity index (χ0) is 19.6. The lowest BCUT2D eigenvalue weighted by Crippen LogP contribution is -2.07. The summed E-state index contributed by atoms with van der Waals surface area (Å²) in [5.41, 5.74) is 0.551. The number of rotatable bonds is 6. The van der Waals surface area contributed by atoms with Crippen LogP contribution < -0.4 is 5.32 Å². The molecule has 1 aromatic heterocycles. The second kappa shape index (κ2) is 7.55. The number of esters is 1. The van der Waals surface area contributed by atoms with Gasteiger partial charge in [-0.3, -0.25) is 4.68 Å². The first-order valence-corrected chi connectivity index (χ1v) is 8.26. The number of methoxy groups -OCH3 is 1. The summed E-state index contributed by atoms with van der Waals surface area (Å²) in [5.74, 6) is -0.398. The lowest BCUT2D eigenvalue weighted by Gasteiger charge is -2.07. The molecule has 6 nitrogen and oxygen atoms in total. The van der Waals surface area contributed by atoms with E-state index in [-0.39, 0.29) is 22.9 Å². The van der Waals surface area contributed by atoms with Gasteiger partial charge in [-0.2, -0.15) is 5.10 Å². The van der Waals surface area contributed by atoms with Crippen molar-refractivity contribution < 1.29 is 23.1 Å². The number of hydrogen-bond acceptors (Lipinski definition) is 5. The van der Waals surface area contributed by atoms with Crippen molar-refractivity contribution in [2.45, 2.75) is 25.8 Å². The van der Waals surface area contributed by atoms with E-state index >= 15 is 0 Å². The average Bonchev–Trinajstić information content (AvgIpc) is 3.42. The Balaban J connectivity index is 1.89. The second-order valence-electron chi connectivity index (χ2n) is 6.19. The molecule has 1 aliphatic rings. The Hall–Kier alpha value is -3.25. The first-order chi connectivity index (χ1) is 12.9. The Labute approximate surface area is 154 Å². The van der Waals surface area contributed by atoms with Crippen molar-refractivity contribution in [3.05, 3.63) is 59.1 Å². The molecule has 3 rings (SSSR count). The van der Waals surface area contributed by atoms with Crippen LogP contribution in [0.25, 0.3) is 5.57 Å². The number of carbonyl (C=O) groups is 1. The van der Waals surface area contributed by atoms with Crippen LogP contribution in [0.3, 0.4) is 0 Å². The Kier molecular flexibility index (Phi) is 5.19. The lowest BCUT2D eigenvalue weighted by atomic mass is 10.1. The quantitative estimate of drug-likeness (QED) is 0.477. The van der Waals surface area contributed by atoms with E-state index in [1.807, 2.05) is 0 Å². The van der Waals surface area contributed by atoms with Gasteiger partial charge in [-0.25, -0.2) is 18.4 Å². The van der Waals surface area contributed by atoms with Gasteiger partial charge in [0.15, 0.2) is 5.69 Å². The third kappa shape index (κ3) is 4.12. The van der Waals surface area contributed by atoms with E-state index in [1.165, 1.54) is 13.2 Å². The number of anilines is 1. The van der Waals surface area contributed by atoms with Crippen molar-refractivity contribution in [2.75, 3.05) is 12.4 Å². The molecule has 0 unspecified atom stereocenters.